The van der Waals surface area contributed by atoms with Crippen LogP contribution in [-0.2, 0) is 4.79 Å². The number of nitriles is 1. The van der Waals surface area contributed by atoms with Gasteiger partial charge in [0.25, 0.3) is 5.91 Å². The van der Waals surface area contributed by atoms with Crippen molar-refractivity contribution < 1.29 is 9.53 Å². The largest absolute Gasteiger partial charge is 0.483 e. The van der Waals surface area contributed by atoms with Gasteiger partial charge < -0.3 is 10.2 Å². The van der Waals surface area contributed by atoms with Crippen molar-refractivity contribution in [2.45, 2.75) is 20.8 Å². The Bertz CT molecular complexity index is 785. The number of amides is 1. The first kappa shape index (κ1) is 17.5. The summed E-state index contributed by atoms with van der Waals surface area (Å²) in [6.45, 7) is 5.59. The second kappa shape index (κ2) is 8.13. The van der Waals surface area contributed by atoms with Crippen molar-refractivity contribution in [3.8, 4) is 11.8 Å². The number of ether oxygens (including phenoxy) is 1. The van der Waals surface area contributed by atoms with E-state index in [1.54, 1.807) is 0 Å². The van der Waals surface area contributed by atoms with E-state index in [4.69, 9.17) is 10.00 Å². The Morgan fingerprint density at radius 2 is 2.08 bits per heavy atom. The van der Waals surface area contributed by atoms with Crippen molar-refractivity contribution in [2.24, 2.45) is 0 Å². The minimum atomic E-state index is -0.346. The Morgan fingerprint density at radius 1 is 1.38 bits per heavy atom. The minimum absolute atomic E-state index is 0.120. The van der Waals surface area contributed by atoms with Crippen molar-refractivity contribution in [2.75, 3.05) is 6.61 Å². The maximum atomic E-state index is 11.8. The van der Waals surface area contributed by atoms with Gasteiger partial charge in [-0.2, -0.15) is 5.26 Å². The van der Waals surface area contributed by atoms with Gasteiger partial charge in [-0.05, 0) is 31.9 Å². The van der Waals surface area contributed by atoms with Gasteiger partial charge >= 0.3 is 0 Å². The van der Waals surface area contributed by atoms with Crippen LogP contribution in [0, 0.1) is 32.1 Å². The highest BCUT2D eigenvalue weighted by Gasteiger charge is 2.08. The van der Waals surface area contributed by atoms with Gasteiger partial charge in [-0.15, -0.1) is 11.3 Å². The second-order valence-corrected chi connectivity index (χ2v) is 6.02. The molecular weight excluding hydrogens is 324 g/mol. The highest BCUT2D eigenvalue weighted by Crippen LogP contribution is 2.22. The number of nitrogens with one attached hydrogen (secondary N) is 2. The van der Waals surface area contributed by atoms with E-state index in [0.29, 0.717) is 16.3 Å². The summed E-state index contributed by atoms with van der Waals surface area (Å²) in [6.07, 6.45) is 1.41. The third-order valence-corrected chi connectivity index (χ3v) is 4.15. The fraction of sp³-hybridized carbons (Fsp3) is 0.235. The topological polar surface area (TPSA) is 87.0 Å². The van der Waals surface area contributed by atoms with Crippen molar-refractivity contribution >= 4 is 22.8 Å². The zero-order valence-electron chi connectivity index (χ0n) is 13.7. The van der Waals surface area contributed by atoms with E-state index in [1.165, 1.54) is 17.5 Å². The van der Waals surface area contributed by atoms with E-state index in [1.807, 2.05) is 50.4 Å². The van der Waals surface area contributed by atoms with E-state index in [-0.39, 0.29) is 12.5 Å². The van der Waals surface area contributed by atoms with Gasteiger partial charge in [-0.25, -0.2) is 4.98 Å². The van der Waals surface area contributed by atoms with Crippen LogP contribution in [0.2, 0.25) is 0 Å². The van der Waals surface area contributed by atoms with Crippen molar-refractivity contribution in [1.82, 2.24) is 15.8 Å². The molecular formula is C17H18N4O2S. The number of nitrogens with zero attached hydrogens (tertiary/aromatic N) is 2. The van der Waals surface area contributed by atoms with E-state index >= 15 is 0 Å². The number of hydrazine groups is 1. The maximum absolute atomic E-state index is 11.8. The number of allylic oxidation sites excluding steroid dienone is 1. The normalized spacial score (nSPS) is 10.8. The average Bonchev–Trinajstić information content (AvgIpc) is 2.97. The average molecular weight is 342 g/mol. The zero-order valence-corrected chi connectivity index (χ0v) is 14.5. The first-order chi connectivity index (χ1) is 11.5. The number of benzene rings is 1. The number of hydrogen-bond donors (Lipinski definition) is 2. The smallest absolute Gasteiger partial charge is 0.276 e. The van der Waals surface area contributed by atoms with Crippen molar-refractivity contribution in [3.05, 3.63) is 51.6 Å². The van der Waals surface area contributed by atoms with E-state index in [0.717, 1.165) is 16.8 Å². The highest BCUT2D eigenvalue weighted by atomic mass is 32.1. The van der Waals surface area contributed by atoms with Crippen LogP contribution in [-0.4, -0.2) is 17.5 Å². The number of aromatic nitrogens is 1. The highest BCUT2D eigenvalue weighted by molar-refractivity contribution is 7.10. The number of thiazole rings is 1. The molecule has 0 bridgehead atoms. The molecule has 2 rings (SSSR count). The summed E-state index contributed by atoms with van der Waals surface area (Å²) in [4.78, 5) is 16.1. The van der Waals surface area contributed by atoms with Crippen LogP contribution in [0.25, 0.3) is 5.57 Å². The Kier molecular flexibility index (Phi) is 5.93. The summed E-state index contributed by atoms with van der Waals surface area (Å²) in [6, 6.07) is 7.83. The summed E-state index contributed by atoms with van der Waals surface area (Å²) in [5, 5.41) is 11.6. The van der Waals surface area contributed by atoms with Gasteiger partial charge in [0.15, 0.2) is 6.61 Å². The molecule has 7 heteroatoms. The lowest BCUT2D eigenvalue weighted by Gasteiger charge is -2.11. The molecule has 1 amide bonds. The molecule has 0 unspecified atom stereocenters. The van der Waals surface area contributed by atoms with Gasteiger partial charge in [0.05, 0.1) is 0 Å². The molecule has 0 spiro atoms. The molecule has 0 aliphatic heterocycles. The molecule has 6 nitrogen and oxygen atoms in total. The van der Waals surface area contributed by atoms with Gasteiger partial charge in [-0.1, -0.05) is 18.2 Å². The predicted molar refractivity (Wildman–Crippen MR) is 93.1 cm³/mol. The Balaban J connectivity index is 1.87. The Hall–Kier alpha value is -2.85. The zero-order chi connectivity index (χ0) is 17.5. The summed E-state index contributed by atoms with van der Waals surface area (Å²) in [5.74, 6) is 0.362. The Morgan fingerprint density at radius 3 is 2.67 bits per heavy atom. The fourth-order valence-corrected chi connectivity index (χ4v) is 2.77. The van der Waals surface area contributed by atoms with Gasteiger partial charge in [-0.3, -0.25) is 10.2 Å². The van der Waals surface area contributed by atoms with Crippen LogP contribution < -0.4 is 15.6 Å². The van der Waals surface area contributed by atoms with Gasteiger partial charge in [0.2, 0.25) is 0 Å². The third kappa shape index (κ3) is 4.57. The molecule has 0 aliphatic rings. The molecule has 2 aromatic rings. The fourth-order valence-electron chi connectivity index (χ4n) is 2.01. The summed E-state index contributed by atoms with van der Waals surface area (Å²) in [5.41, 5.74) is 8.23. The molecule has 0 fully saturated rings. The van der Waals surface area contributed by atoms with Crippen molar-refractivity contribution in [3.63, 3.8) is 0 Å². The molecule has 0 radical (unpaired) electrons. The molecule has 24 heavy (non-hydrogen) atoms. The monoisotopic (exact) mass is 342 g/mol. The molecule has 124 valence electrons. The molecule has 1 aromatic carbocycles. The van der Waals surface area contributed by atoms with Crippen molar-refractivity contribution in [1.29, 1.82) is 5.26 Å². The van der Waals surface area contributed by atoms with Crippen LogP contribution in [0.4, 0.5) is 0 Å². The number of hydrogen-bond acceptors (Lipinski definition) is 6. The number of para-hydroxylation sites is 1. The second-order valence-electron chi connectivity index (χ2n) is 5.17. The predicted octanol–water partition coefficient (Wildman–Crippen LogP) is 2.63. The number of aryl methyl sites for hydroxylation is 3. The standard InChI is InChI=1S/C17H18N4O2S/c1-11-5-4-6-12(2)16(11)23-9-15(22)21-19-8-14(7-18)17-20-13(3)10-24-17/h4-6,8,10,19H,9H2,1-3H3,(H,21,22)/b14-8+. The molecule has 2 N–H and O–H groups in total. The lowest BCUT2D eigenvalue weighted by molar-refractivity contribution is -0.123. The molecule has 0 aliphatic carbocycles. The molecule has 0 atom stereocenters. The first-order valence-corrected chi connectivity index (χ1v) is 8.15. The summed E-state index contributed by atoms with van der Waals surface area (Å²) in [7, 11) is 0. The van der Waals surface area contributed by atoms with Crippen LogP contribution in [0.3, 0.4) is 0 Å². The lowest BCUT2D eigenvalue weighted by Crippen LogP contribution is -2.37. The molecule has 1 heterocycles. The molecule has 0 saturated heterocycles. The van der Waals surface area contributed by atoms with Gasteiger partial charge in [0.1, 0.15) is 22.4 Å². The minimum Gasteiger partial charge on any atom is -0.483 e. The maximum Gasteiger partial charge on any atom is 0.276 e. The van der Waals surface area contributed by atoms with E-state index in [9.17, 15) is 4.79 Å². The lowest BCUT2D eigenvalue weighted by atomic mass is 10.1. The van der Waals surface area contributed by atoms with E-state index < -0.39 is 0 Å². The van der Waals surface area contributed by atoms with Crippen LogP contribution >= 0.6 is 11.3 Å². The van der Waals surface area contributed by atoms with Crippen LogP contribution in [0.1, 0.15) is 21.8 Å². The quantitative estimate of drug-likeness (QED) is 0.622. The number of rotatable bonds is 6. The van der Waals surface area contributed by atoms with Crippen LogP contribution in [0.5, 0.6) is 5.75 Å². The number of carbonyl (C=O) groups excluding carboxylic acids is 1. The summed E-state index contributed by atoms with van der Waals surface area (Å²) >= 11 is 1.37. The van der Waals surface area contributed by atoms with Gasteiger partial charge in [0, 0.05) is 17.3 Å². The third-order valence-electron chi connectivity index (χ3n) is 3.15. The Labute approximate surface area is 144 Å². The SMILES string of the molecule is Cc1csc(/C(C#N)=C/NNC(=O)COc2c(C)cccc2C)n1. The van der Waals surface area contributed by atoms with Crippen LogP contribution in [0.15, 0.2) is 29.8 Å². The first-order valence-electron chi connectivity index (χ1n) is 7.27. The molecule has 1 aromatic heterocycles. The molecule has 0 saturated carbocycles. The number of carbonyl (C=O) groups is 1. The summed E-state index contributed by atoms with van der Waals surface area (Å²) < 4.78 is 5.55. The van der Waals surface area contributed by atoms with E-state index in [2.05, 4.69) is 15.8 Å².